The minimum absolute atomic E-state index is 1.01. The van der Waals surface area contributed by atoms with Gasteiger partial charge in [-0.3, -0.25) is 0 Å². The molecule has 0 radical (unpaired) electrons. The molecule has 0 aliphatic heterocycles. The molecule has 0 saturated carbocycles. The minimum atomic E-state index is -2.18. The Hall–Kier alpha value is -2.17. The summed E-state index contributed by atoms with van der Waals surface area (Å²) in [6.45, 7) is 10.9. The van der Waals surface area contributed by atoms with Crippen molar-refractivity contribution < 1.29 is 0 Å². The first-order valence-electron chi connectivity index (χ1n) is 8.90. The Labute approximate surface area is 152 Å². The Kier molecular flexibility index (Phi) is 5.21. The molecule has 0 bridgehead atoms. The summed E-state index contributed by atoms with van der Waals surface area (Å²) in [5.41, 5.74) is 4.13. The van der Waals surface area contributed by atoms with E-state index in [-0.39, 0.29) is 0 Å². The van der Waals surface area contributed by atoms with Gasteiger partial charge in [-0.05, 0) is 0 Å². The molecule has 3 rings (SSSR count). The van der Waals surface area contributed by atoms with Crippen molar-refractivity contribution in [3.63, 3.8) is 0 Å². The molecular weight excluding hydrogens is 319 g/mol. The summed E-state index contributed by atoms with van der Waals surface area (Å²) in [5.74, 6) is 0. The maximum atomic E-state index is 4.15. The maximum absolute atomic E-state index is 4.15. The predicted molar refractivity (Wildman–Crippen MR) is 116 cm³/mol. The van der Waals surface area contributed by atoms with Gasteiger partial charge in [-0.2, -0.15) is 0 Å². The van der Waals surface area contributed by atoms with Crippen molar-refractivity contribution in [2.75, 3.05) is 6.16 Å². The van der Waals surface area contributed by atoms with Gasteiger partial charge in [-0.25, -0.2) is 0 Å². The van der Waals surface area contributed by atoms with E-state index in [2.05, 4.69) is 106 Å². The van der Waals surface area contributed by atoms with Gasteiger partial charge in [-0.15, -0.1) is 0 Å². The van der Waals surface area contributed by atoms with Crippen LogP contribution in [0.4, 0.5) is 0 Å². The van der Waals surface area contributed by atoms with Gasteiger partial charge < -0.3 is 0 Å². The van der Waals surface area contributed by atoms with E-state index in [0.717, 1.165) is 6.16 Å². The molecule has 25 heavy (non-hydrogen) atoms. The molecular formula is C24H27P. The molecule has 0 fully saturated rings. The standard InChI is InChI=1S/C24H27P/c1-5-18-25(22-15-9-6-12-19(22)2,23-16-10-7-13-20(23)3)24-17-11-8-14-21(24)4/h5-17,25H,1,18H2,2-4H3. The van der Waals surface area contributed by atoms with Crippen molar-refractivity contribution in [3.8, 4) is 0 Å². The number of hydrogen-bond acceptors (Lipinski definition) is 0. The van der Waals surface area contributed by atoms with Crippen LogP contribution in [-0.4, -0.2) is 6.16 Å². The fourth-order valence-electron chi connectivity index (χ4n) is 4.14. The van der Waals surface area contributed by atoms with Crippen molar-refractivity contribution in [2.45, 2.75) is 20.8 Å². The van der Waals surface area contributed by atoms with Crippen molar-refractivity contribution in [1.29, 1.82) is 0 Å². The van der Waals surface area contributed by atoms with E-state index in [9.17, 15) is 0 Å². The normalized spacial score (nSPS) is 12.0. The summed E-state index contributed by atoms with van der Waals surface area (Å²) < 4.78 is 0. The molecule has 0 N–H and O–H groups in total. The first-order valence-corrected chi connectivity index (χ1v) is 11.1. The van der Waals surface area contributed by atoms with Gasteiger partial charge in [0.15, 0.2) is 0 Å². The summed E-state index contributed by atoms with van der Waals surface area (Å²) in [5, 5.41) is 4.50. The van der Waals surface area contributed by atoms with Crippen LogP contribution in [0.1, 0.15) is 16.7 Å². The Bertz CT molecular complexity index is 781. The predicted octanol–water partition coefficient (Wildman–Crippen LogP) is 4.82. The fourth-order valence-corrected chi connectivity index (χ4v) is 9.51. The van der Waals surface area contributed by atoms with Gasteiger partial charge in [0.2, 0.25) is 0 Å². The molecule has 0 unspecified atom stereocenters. The van der Waals surface area contributed by atoms with Gasteiger partial charge in [0, 0.05) is 0 Å². The Morgan fingerprint density at radius 2 is 0.960 bits per heavy atom. The zero-order chi connectivity index (χ0) is 17.9. The van der Waals surface area contributed by atoms with Crippen LogP contribution in [-0.2, 0) is 0 Å². The molecule has 1 heteroatoms. The third-order valence-electron chi connectivity index (χ3n) is 5.27. The molecule has 0 aromatic heterocycles. The first kappa shape index (κ1) is 17.6. The van der Waals surface area contributed by atoms with E-state index >= 15 is 0 Å². The second kappa shape index (κ2) is 7.38. The Morgan fingerprint density at radius 3 is 1.24 bits per heavy atom. The molecule has 0 amide bonds. The van der Waals surface area contributed by atoms with Crippen LogP contribution < -0.4 is 15.9 Å². The van der Waals surface area contributed by atoms with Crippen molar-refractivity contribution in [1.82, 2.24) is 0 Å². The van der Waals surface area contributed by atoms with Gasteiger partial charge in [0.1, 0.15) is 0 Å². The third kappa shape index (κ3) is 3.08. The number of hydrogen-bond donors (Lipinski definition) is 0. The zero-order valence-corrected chi connectivity index (χ0v) is 16.4. The van der Waals surface area contributed by atoms with Crippen LogP contribution in [0.25, 0.3) is 0 Å². The van der Waals surface area contributed by atoms with Gasteiger partial charge in [0.25, 0.3) is 0 Å². The van der Waals surface area contributed by atoms with Crippen LogP contribution in [0.15, 0.2) is 85.5 Å². The average molecular weight is 346 g/mol. The summed E-state index contributed by atoms with van der Waals surface area (Å²) in [6.07, 6.45) is 3.13. The molecule has 0 nitrogen and oxygen atoms in total. The average Bonchev–Trinajstić information content (AvgIpc) is 2.62. The molecule has 0 saturated heterocycles. The van der Waals surface area contributed by atoms with Crippen molar-refractivity contribution in [2.24, 2.45) is 0 Å². The molecule has 0 heterocycles. The SMILES string of the molecule is C=CC[PH](c1ccccc1C)(c1ccccc1C)c1ccccc1C. The summed E-state index contributed by atoms with van der Waals surface area (Å²) in [4.78, 5) is 0. The van der Waals surface area contributed by atoms with Crippen molar-refractivity contribution in [3.05, 3.63) is 102 Å². The van der Waals surface area contributed by atoms with Gasteiger partial charge >= 0.3 is 152 Å². The first-order chi connectivity index (χ1) is 12.1. The van der Waals surface area contributed by atoms with Crippen LogP contribution in [0.2, 0.25) is 0 Å². The van der Waals surface area contributed by atoms with E-state index in [1.807, 2.05) is 0 Å². The fraction of sp³-hybridized carbons (Fsp3) is 0.167. The van der Waals surface area contributed by atoms with E-state index in [1.165, 1.54) is 32.6 Å². The summed E-state index contributed by atoms with van der Waals surface area (Å²) in [7, 11) is -2.18. The number of rotatable bonds is 5. The Balaban J connectivity index is 2.46. The van der Waals surface area contributed by atoms with E-state index in [0.29, 0.717) is 0 Å². The third-order valence-corrected chi connectivity index (χ3v) is 10.6. The van der Waals surface area contributed by atoms with Gasteiger partial charge in [-0.1, -0.05) is 0 Å². The van der Waals surface area contributed by atoms with E-state index < -0.39 is 7.26 Å². The molecule has 0 aliphatic carbocycles. The molecule has 0 spiro atoms. The molecule has 0 atom stereocenters. The van der Waals surface area contributed by atoms with Crippen LogP contribution in [0.5, 0.6) is 0 Å². The second-order valence-corrected chi connectivity index (χ2v) is 10.7. The summed E-state index contributed by atoms with van der Waals surface area (Å²) >= 11 is 0. The number of aryl methyl sites for hydroxylation is 3. The Morgan fingerprint density at radius 1 is 0.640 bits per heavy atom. The van der Waals surface area contributed by atoms with Crippen molar-refractivity contribution >= 4 is 23.2 Å². The van der Waals surface area contributed by atoms with Gasteiger partial charge in [0.05, 0.1) is 0 Å². The molecule has 3 aromatic rings. The molecule has 3 aromatic carbocycles. The molecule has 128 valence electrons. The quantitative estimate of drug-likeness (QED) is 0.459. The van der Waals surface area contributed by atoms with Crippen LogP contribution in [0.3, 0.4) is 0 Å². The monoisotopic (exact) mass is 346 g/mol. The zero-order valence-electron chi connectivity index (χ0n) is 15.4. The van der Waals surface area contributed by atoms with Crippen LogP contribution >= 0.6 is 7.26 Å². The second-order valence-electron chi connectivity index (χ2n) is 6.84. The topological polar surface area (TPSA) is 0 Å². The van der Waals surface area contributed by atoms with Crippen LogP contribution in [0, 0.1) is 20.8 Å². The van der Waals surface area contributed by atoms with E-state index in [1.54, 1.807) is 0 Å². The van der Waals surface area contributed by atoms with E-state index in [4.69, 9.17) is 0 Å². The number of benzene rings is 3. The number of allylic oxidation sites excluding steroid dienone is 1. The molecule has 0 aliphatic rings. The summed E-state index contributed by atoms with van der Waals surface area (Å²) in [6, 6.07) is 26.7.